The van der Waals surface area contributed by atoms with Gasteiger partial charge in [0.25, 0.3) is 5.91 Å². The predicted molar refractivity (Wildman–Crippen MR) is 93.1 cm³/mol. The highest BCUT2D eigenvalue weighted by molar-refractivity contribution is 8.00. The van der Waals surface area contributed by atoms with Crippen molar-refractivity contribution in [3.63, 3.8) is 0 Å². The lowest BCUT2D eigenvalue weighted by molar-refractivity contribution is 0.0943. The summed E-state index contributed by atoms with van der Waals surface area (Å²) in [7, 11) is 0. The van der Waals surface area contributed by atoms with E-state index in [9.17, 15) is 4.79 Å². The summed E-state index contributed by atoms with van der Waals surface area (Å²) in [6.45, 7) is 9.50. The van der Waals surface area contributed by atoms with Crippen molar-refractivity contribution in [2.75, 3.05) is 6.54 Å². The first-order valence-electron chi connectivity index (χ1n) is 8.12. The average Bonchev–Trinajstić information content (AvgIpc) is 2.47. The Morgan fingerprint density at radius 2 is 1.95 bits per heavy atom. The standard InChI is InChI=1S/C18H29NOS/c1-5-7-10-15(6-2)13-19-18(20)16-11-8-9-12-17(16)21-14(3)4/h8-9,11-12,14-15H,5-7,10,13H2,1-4H3,(H,19,20). The fourth-order valence-corrected chi connectivity index (χ4v) is 3.24. The molecule has 1 aromatic carbocycles. The Kier molecular flexibility index (Phi) is 8.51. The lowest BCUT2D eigenvalue weighted by atomic mass is 9.99. The van der Waals surface area contributed by atoms with Gasteiger partial charge in [-0.05, 0) is 24.5 Å². The summed E-state index contributed by atoms with van der Waals surface area (Å²) in [6.07, 6.45) is 4.80. The Balaban J connectivity index is 2.62. The molecule has 1 amide bonds. The van der Waals surface area contributed by atoms with Crippen molar-refractivity contribution < 1.29 is 4.79 Å². The van der Waals surface area contributed by atoms with Crippen molar-refractivity contribution in [2.45, 2.75) is 63.5 Å². The summed E-state index contributed by atoms with van der Waals surface area (Å²) in [5.41, 5.74) is 0.807. The molecule has 1 atom stereocenters. The number of hydrogen-bond acceptors (Lipinski definition) is 2. The quantitative estimate of drug-likeness (QED) is 0.640. The van der Waals surface area contributed by atoms with Gasteiger partial charge in [0.05, 0.1) is 5.56 Å². The molecule has 1 unspecified atom stereocenters. The molecule has 0 heterocycles. The smallest absolute Gasteiger partial charge is 0.252 e. The highest BCUT2D eigenvalue weighted by Gasteiger charge is 2.14. The van der Waals surface area contributed by atoms with E-state index in [1.54, 1.807) is 11.8 Å². The van der Waals surface area contributed by atoms with E-state index in [1.165, 1.54) is 19.3 Å². The van der Waals surface area contributed by atoms with E-state index in [-0.39, 0.29) is 5.91 Å². The number of carbonyl (C=O) groups is 1. The first-order chi connectivity index (χ1) is 10.1. The Morgan fingerprint density at radius 3 is 2.57 bits per heavy atom. The second-order valence-corrected chi connectivity index (χ2v) is 7.41. The van der Waals surface area contributed by atoms with Crippen LogP contribution in [-0.4, -0.2) is 17.7 Å². The monoisotopic (exact) mass is 307 g/mol. The van der Waals surface area contributed by atoms with E-state index in [0.717, 1.165) is 23.4 Å². The van der Waals surface area contributed by atoms with E-state index >= 15 is 0 Å². The Morgan fingerprint density at radius 1 is 1.24 bits per heavy atom. The van der Waals surface area contributed by atoms with Gasteiger partial charge in [-0.2, -0.15) is 0 Å². The lowest BCUT2D eigenvalue weighted by Gasteiger charge is -2.16. The number of amides is 1. The van der Waals surface area contributed by atoms with Gasteiger partial charge in [-0.3, -0.25) is 4.79 Å². The van der Waals surface area contributed by atoms with Crippen LogP contribution in [0.15, 0.2) is 29.2 Å². The molecule has 0 aliphatic carbocycles. The molecular weight excluding hydrogens is 278 g/mol. The molecule has 21 heavy (non-hydrogen) atoms. The SMILES string of the molecule is CCCCC(CC)CNC(=O)c1ccccc1SC(C)C. The molecule has 3 heteroatoms. The van der Waals surface area contributed by atoms with Crippen LogP contribution in [0.1, 0.15) is 63.7 Å². The van der Waals surface area contributed by atoms with Gasteiger partial charge in [-0.15, -0.1) is 11.8 Å². The molecule has 1 aromatic rings. The Bertz CT molecular complexity index is 431. The number of rotatable bonds is 9. The maximum absolute atomic E-state index is 12.4. The minimum atomic E-state index is 0.0636. The van der Waals surface area contributed by atoms with Crippen molar-refractivity contribution in [3.05, 3.63) is 29.8 Å². The van der Waals surface area contributed by atoms with E-state index in [2.05, 4.69) is 33.0 Å². The molecule has 0 aliphatic rings. The second kappa shape index (κ2) is 9.88. The Hall–Kier alpha value is -0.960. The largest absolute Gasteiger partial charge is 0.352 e. The molecule has 0 aliphatic heterocycles. The van der Waals surface area contributed by atoms with Gasteiger partial charge >= 0.3 is 0 Å². The van der Waals surface area contributed by atoms with Crippen molar-refractivity contribution in [1.29, 1.82) is 0 Å². The third-order valence-electron chi connectivity index (χ3n) is 3.59. The molecular formula is C18H29NOS. The number of hydrogen-bond donors (Lipinski definition) is 1. The van der Waals surface area contributed by atoms with Crippen LogP contribution in [-0.2, 0) is 0 Å². The fraction of sp³-hybridized carbons (Fsp3) is 0.611. The average molecular weight is 308 g/mol. The van der Waals surface area contributed by atoms with Crippen LogP contribution in [0.5, 0.6) is 0 Å². The summed E-state index contributed by atoms with van der Waals surface area (Å²) in [6, 6.07) is 7.90. The van der Waals surface area contributed by atoms with Crippen LogP contribution >= 0.6 is 11.8 Å². The number of thioether (sulfide) groups is 1. The molecule has 0 radical (unpaired) electrons. The zero-order chi connectivity index (χ0) is 15.7. The molecule has 0 fully saturated rings. The summed E-state index contributed by atoms with van der Waals surface area (Å²) < 4.78 is 0. The molecule has 0 bridgehead atoms. The van der Waals surface area contributed by atoms with Gasteiger partial charge < -0.3 is 5.32 Å². The molecule has 0 spiro atoms. The zero-order valence-corrected chi connectivity index (χ0v) is 14.6. The van der Waals surface area contributed by atoms with Crippen molar-refractivity contribution in [1.82, 2.24) is 5.32 Å². The number of nitrogens with one attached hydrogen (secondary N) is 1. The molecule has 0 saturated heterocycles. The van der Waals surface area contributed by atoms with Crippen LogP contribution in [0.25, 0.3) is 0 Å². The number of benzene rings is 1. The van der Waals surface area contributed by atoms with E-state index in [1.807, 2.05) is 24.3 Å². The first kappa shape index (κ1) is 18.1. The van der Waals surface area contributed by atoms with Crippen molar-refractivity contribution >= 4 is 17.7 Å². The fourth-order valence-electron chi connectivity index (χ4n) is 2.29. The summed E-state index contributed by atoms with van der Waals surface area (Å²) in [5.74, 6) is 0.660. The third kappa shape index (κ3) is 6.56. The summed E-state index contributed by atoms with van der Waals surface area (Å²) >= 11 is 1.75. The van der Waals surface area contributed by atoms with Crippen LogP contribution in [0, 0.1) is 5.92 Å². The predicted octanol–water partition coefficient (Wildman–Crippen LogP) is 5.13. The molecule has 1 N–H and O–H groups in total. The molecule has 0 saturated carbocycles. The molecule has 118 valence electrons. The van der Waals surface area contributed by atoms with E-state index in [0.29, 0.717) is 11.2 Å². The van der Waals surface area contributed by atoms with Crippen LogP contribution in [0.3, 0.4) is 0 Å². The van der Waals surface area contributed by atoms with Crippen molar-refractivity contribution in [3.8, 4) is 0 Å². The molecule has 1 rings (SSSR count). The third-order valence-corrected chi connectivity index (χ3v) is 4.67. The highest BCUT2D eigenvalue weighted by atomic mass is 32.2. The van der Waals surface area contributed by atoms with E-state index < -0.39 is 0 Å². The Labute approximate surface area is 134 Å². The van der Waals surface area contributed by atoms with E-state index in [4.69, 9.17) is 0 Å². The number of unbranched alkanes of at least 4 members (excludes halogenated alkanes) is 1. The summed E-state index contributed by atoms with van der Waals surface area (Å²) in [5, 5.41) is 3.60. The van der Waals surface area contributed by atoms with Crippen molar-refractivity contribution in [2.24, 2.45) is 5.92 Å². The lowest BCUT2D eigenvalue weighted by Crippen LogP contribution is -2.29. The first-order valence-corrected chi connectivity index (χ1v) is 9.00. The van der Waals surface area contributed by atoms with Crippen LogP contribution in [0.2, 0.25) is 0 Å². The van der Waals surface area contributed by atoms with Gasteiger partial charge in [0.15, 0.2) is 0 Å². The minimum Gasteiger partial charge on any atom is -0.352 e. The van der Waals surface area contributed by atoms with Crippen LogP contribution < -0.4 is 5.32 Å². The van der Waals surface area contributed by atoms with Gasteiger partial charge in [-0.1, -0.05) is 59.1 Å². The zero-order valence-electron chi connectivity index (χ0n) is 13.8. The maximum atomic E-state index is 12.4. The highest BCUT2D eigenvalue weighted by Crippen LogP contribution is 2.26. The van der Waals surface area contributed by atoms with Gasteiger partial charge in [0, 0.05) is 16.7 Å². The normalized spacial score (nSPS) is 12.4. The second-order valence-electron chi connectivity index (χ2n) is 5.79. The summed E-state index contributed by atoms with van der Waals surface area (Å²) in [4.78, 5) is 13.5. The maximum Gasteiger partial charge on any atom is 0.252 e. The van der Waals surface area contributed by atoms with Gasteiger partial charge in [-0.25, -0.2) is 0 Å². The molecule has 2 nitrogen and oxygen atoms in total. The minimum absolute atomic E-state index is 0.0636. The van der Waals surface area contributed by atoms with Crippen LogP contribution in [0.4, 0.5) is 0 Å². The molecule has 0 aromatic heterocycles. The topological polar surface area (TPSA) is 29.1 Å². The van der Waals surface area contributed by atoms with Gasteiger partial charge in [0.1, 0.15) is 0 Å². The van der Waals surface area contributed by atoms with Gasteiger partial charge in [0.2, 0.25) is 0 Å². The number of carbonyl (C=O) groups excluding carboxylic acids is 1.